The molecule has 2 aromatic heterocycles. The SMILES string of the molecule is CC(C)(C)c1cc(-c2cccc3cccc(-c4ccccc4N(c4cccc(-c5cccc6sc7ccccc7c56)c4)c4cccc5c4sc4ccccc45)c23)cc(C(C)(C)C)c1. The van der Waals surface area contributed by atoms with Crippen LogP contribution in [0.4, 0.5) is 17.1 Å². The van der Waals surface area contributed by atoms with Crippen LogP contribution in [0.2, 0.25) is 0 Å². The summed E-state index contributed by atoms with van der Waals surface area (Å²) in [5, 5.41) is 7.70. The highest BCUT2D eigenvalue weighted by Crippen LogP contribution is 2.50. The maximum Gasteiger partial charge on any atom is 0.0640 e. The van der Waals surface area contributed by atoms with Gasteiger partial charge in [0.25, 0.3) is 0 Å². The van der Waals surface area contributed by atoms with Crippen LogP contribution in [0.3, 0.4) is 0 Å². The van der Waals surface area contributed by atoms with Crippen LogP contribution >= 0.6 is 22.7 Å². The van der Waals surface area contributed by atoms with E-state index in [0.717, 1.165) is 11.4 Å². The summed E-state index contributed by atoms with van der Waals surface area (Å²) < 4.78 is 5.20. The zero-order chi connectivity index (χ0) is 43.0. The molecule has 0 saturated carbocycles. The van der Waals surface area contributed by atoms with Crippen molar-refractivity contribution < 1.29 is 0 Å². The molecule has 0 aliphatic rings. The normalized spacial score (nSPS) is 12.3. The predicted octanol–water partition coefficient (Wildman–Crippen LogP) is 18.6. The molecule has 63 heavy (non-hydrogen) atoms. The molecule has 0 aliphatic heterocycles. The minimum Gasteiger partial charge on any atom is -0.308 e. The van der Waals surface area contributed by atoms with Crippen LogP contribution in [0, 0.1) is 0 Å². The molecule has 0 saturated heterocycles. The van der Waals surface area contributed by atoms with Gasteiger partial charge in [-0.05, 0) is 103 Å². The van der Waals surface area contributed by atoms with E-state index in [0.29, 0.717) is 0 Å². The van der Waals surface area contributed by atoms with E-state index >= 15 is 0 Å². The Balaban J connectivity index is 1.18. The number of hydrogen-bond acceptors (Lipinski definition) is 3. The summed E-state index contributed by atoms with van der Waals surface area (Å²) in [7, 11) is 0. The average molecular weight is 848 g/mol. The highest BCUT2D eigenvalue weighted by Gasteiger charge is 2.25. The van der Waals surface area contributed by atoms with E-state index in [-0.39, 0.29) is 10.8 Å². The lowest BCUT2D eigenvalue weighted by Gasteiger charge is -2.29. The maximum atomic E-state index is 2.53. The van der Waals surface area contributed by atoms with Gasteiger partial charge in [-0.25, -0.2) is 0 Å². The number of nitrogens with zero attached hydrogens (tertiary/aromatic N) is 1. The third-order valence-electron chi connectivity index (χ3n) is 12.8. The number of benzene rings is 9. The van der Waals surface area contributed by atoms with Gasteiger partial charge in [0.2, 0.25) is 0 Å². The Kier molecular flexibility index (Phi) is 9.42. The van der Waals surface area contributed by atoms with Gasteiger partial charge in [0.05, 0.1) is 16.1 Å². The van der Waals surface area contributed by atoms with E-state index in [1.165, 1.54) is 101 Å². The highest BCUT2D eigenvalue weighted by atomic mass is 32.1. The third kappa shape index (κ3) is 6.82. The van der Waals surface area contributed by atoms with E-state index in [9.17, 15) is 0 Å². The topological polar surface area (TPSA) is 3.24 Å². The van der Waals surface area contributed by atoms with Gasteiger partial charge in [-0.1, -0.05) is 187 Å². The maximum absolute atomic E-state index is 2.53. The van der Waals surface area contributed by atoms with Crippen LogP contribution in [-0.2, 0) is 10.8 Å². The monoisotopic (exact) mass is 847 g/mol. The Morgan fingerprint density at radius 3 is 1.65 bits per heavy atom. The molecule has 0 aliphatic carbocycles. The number of thiophene rings is 2. The lowest BCUT2D eigenvalue weighted by molar-refractivity contribution is 0.569. The van der Waals surface area contributed by atoms with Crippen molar-refractivity contribution in [2.75, 3.05) is 4.90 Å². The summed E-state index contributed by atoms with van der Waals surface area (Å²) in [5.41, 5.74) is 13.5. The van der Waals surface area contributed by atoms with Gasteiger partial charge < -0.3 is 4.90 Å². The first-order valence-corrected chi connectivity index (χ1v) is 23.6. The van der Waals surface area contributed by atoms with Gasteiger partial charge in [0, 0.05) is 46.9 Å². The number of anilines is 3. The number of para-hydroxylation sites is 1. The minimum atomic E-state index is 0.000720. The molecule has 9 aromatic carbocycles. The van der Waals surface area contributed by atoms with Crippen molar-refractivity contribution in [2.24, 2.45) is 0 Å². The fourth-order valence-electron chi connectivity index (χ4n) is 9.50. The number of hydrogen-bond donors (Lipinski definition) is 0. The van der Waals surface area contributed by atoms with Gasteiger partial charge in [-0.15, -0.1) is 22.7 Å². The second-order valence-corrected chi connectivity index (χ2v) is 21.1. The minimum absolute atomic E-state index is 0.000720. The zero-order valence-electron chi connectivity index (χ0n) is 36.7. The van der Waals surface area contributed by atoms with Crippen molar-refractivity contribution in [1.82, 2.24) is 0 Å². The van der Waals surface area contributed by atoms with Crippen LogP contribution in [0.1, 0.15) is 52.7 Å². The van der Waals surface area contributed by atoms with Crippen molar-refractivity contribution in [3.05, 3.63) is 199 Å². The fourth-order valence-corrected chi connectivity index (χ4v) is 11.8. The Bertz CT molecular complexity index is 3510. The smallest absolute Gasteiger partial charge is 0.0640 e. The van der Waals surface area contributed by atoms with Crippen molar-refractivity contribution in [2.45, 2.75) is 52.4 Å². The van der Waals surface area contributed by atoms with Gasteiger partial charge >= 0.3 is 0 Å². The third-order valence-corrected chi connectivity index (χ3v) is 15.1. The molecule has 0 unspecified atom stereocenters. The molecule has 0 N–H and O–H groups in total. The molecule has 306 valence electrons. The molecular formula is C60H49NS2. The van der Waals surface area contributed by atoms with E-state index in [1.54, 1.807) is 0 Å². The molecule has 3 heteroatoms. The van der Waals surface area contributed by atoms with Crippen LogP contribution in [0.5, 0.6) is 0 Å². The first-order chi connectivity index (χ1) is 30.5. The van der Waals surface area contributed by atoms with E-state index < -0.39 is 0 Å². The lowest BCUT2D eigenvalue weighted by Crippen LogP contribution is -2.16. The Morgan fingerprint density at radius 1 is 0.365 bits per heavy atom. The molecule has 0 radical (unpaired) electrons. The van der Waals surface area contributed by atoms with Crippen molar-refractivity contribution in [3.8, 4) is 33.4 Å². The van der Waals surface area contributed by atoms with E-state index in [1.807, 2.05) is 22.7 Å². The standard InChI is InChI=1S/C60H49NS2/c1-59(2,3)41-34-40(35-42(37-41)60(4,5)6)45-25-14-18-38-19-15-27-48(56(38)45)46-22-7-10-29-51(46)61(52-30-16-28-49-47-23-8-11-31-53(47)63-58(49)52)43-21-13-20-39(36-43)44-26-17-33-55-57(44)50-24-9-12-32-54(50)62-55/h7-37H,1-6H3. The molecule has 0 amide bonds. The second-order valence-electron chi connectivity index (χ2n) is 18.9. The number of rotatable bonds is 6. The fraction of sp³-hybridized carbons (Fsp3) is 0.133. The Hall–Kier alpha value is -6.52. The molecule has 0 atom stereocenters. The molecule has 0 spiro atoms. The first kappa shape index (κ1) is 39.3. The van der Waals surface area contributed by atoms with Gasteiger partial charge in [-0.3, -0.25) is 0 Å². The second kappa shape index (κ2) is 15.1. The van der Waals surface area contributed by atoms with Crippen LogP contribution in [0.25, 0.3) is 84.5 Å². The Labute approximate surface area is 378 Å². The summed E-state index contributed by atoms with van der Waals surface area (Å²) in [6.45, 7) is 14.0. The van der Waals surface area contributed by atoms with Crippen molar-refractivity contribution >= 4 is 90.9 Å². The van der Waals surface area contributed by atoms with Crippen LogP contribution in [-0.4, -0.2) is 0 Å². The zero-order valence-corrected chi connectivity index (χ0v) is 38.3. The molecule has 11 aromatic rings. The molecule has 0 bridgehead atoms. The van der Waals surface area contributed by atoms with Crippen LogP contribution < -0.4 is 4.90 Å². The lowest BCUT2D eigenvalue weighted by atomic mass is 9.78. The van der Waals surface area contributed by atoms with Crippen molar-refractivity contribution in [3.63, 3.8) is 0 Å². The summed E-state index contributed by atoms with van der Waals surface area (Å²) in [6, 6.07) is 70.5. The Morgan fingerprint density at radius 2 is 0.905 bits per heavy atom. The van der Waals surface area contributed by atoms with Gasteiger partial charge in [0.1, 0.15) is 0 Å². The molecular weight excluding hydrogens is 799 g/mol. The first-order valence-electron chi connectivity index (χ1n) is 22.0. The molecule has 0 fully saturated rings. The molecule has 11 rings (SSSR count). The van der Waals surface area contributed by atoms with Gasteiger partial charge in [-0.2, -0.15) is 0 Å². The van der Waals surface area contributed by atoms with Crippen molar-refractivity contribution in [1.29, 1.82) is 0 Å². The van der Waals surface area contributed by atoms with E-state index in [4.69, 9.17) is 0 Å². The summed E-state index contributed by atoms with van der Waals surface area (Å²) >= 11 is 3.75. The highest BCUT2D eigenvalue weighted by molar-refractivity contribution is 7.26. The van der Waals surface area contributed by atoms with Gasteiger partial charge in [0.15, 0.2) is 0 Å². The number of fused-ring (bicyclic) bond motifs is 7. The molecule has 1 nitrogen and oxygen atoms in total. The summed E-state index contributed by atoms with van der Waals surface area (Å²) in [5.74, 6) is 0. The molecule has 2 heterocycles. The van der Waals surface area contributed by atoms with E-state index in [2.05, 4.69) is 234 Å². The predicted molar refractivity (Wildman–Crippen MR) is 278 cm³/mol. The van der Waals surface area contributed by atoms with Crippen LogP contribution in [0.15, 0.2) is 188 Å². The average Bonchev–Trinajstić information content (AvgIpc) is 3.88. The summed E-state index contributed by atoms with van der Waals surface area (Å²) in [6.07, 6.45) is 0. The summed E-state index contributed by atoms with van der Waals surface area (Å²) in [4.78, 5) is 2.53. The largest absolute Gasteiger partial charge is 0.308 e. The quantitative estimate of drug-likeness (QED) is 0.161.